The Morgan fingerprint density at radius 3 is 2.50 bits per heavy atom. The van der Waals surface area contributed by atoms with Crippen molar-refractivity contribution >= 4 is 17.6 Å². The maximum atomic E-state index is 11.4. The number of rotatable bonds is 7. The number of carbonyl (C=O) groups is 2. The summed E-state index contributed by atoms with van der Waals surface area (Å²) in [5.41, 5.74) is 3.67. The number of nitrogens with one attached hydrogen (secondary N) is 2. The highest BCUT2D eigenvalue weighted by Gasteiger charge is 2.11. The highest BCUT2D eigenvalue weighted by Crippen LogP contribution is 2.21. The topological polar surface area (TPSA) is 87.7 Å². The van der Waals surface area contributed by atoms with Crippen LogP contribution in [0.15, 0.2) is 12.1 Å². The molecule has 0 amide bonds. The number of esters is 1. The van der Waals surface area contributed by atoms with E-state index in [9.17, 15) is 9.59 Å². The van der Waals surface area contributed by atoms with E-state index >= 15 is 0 Å². The second kappa shape index (κ2) is 7.49. The lowest BCUT2D eigenvalue weighted by atomic mass is 9.98. The summed E-state index contributed by atoms with van der Waals surface area (Å²) in [6, 6.07) is 3.83. The molecule has 0 radical (unpaired) electrons. The minimum absolute atomic E-state index is 0.102. The van der Waals surface area contributed by atoms with Crippen LogP contribution >= 0.6 is 0 Å². The summed E-state index contributed by atoms with van der Waals surface area (Å²) in [5, 5.41) is 14.5. The number of methoxy groups -OCH3 is 1. The predicted octanol–water partition coefficient (Wildman–Crippen LogP) is 0.926. The average Bonchev–Trinajstić information content (AvgIpc) is 2.42. The Morgan fingerprint density at radius 2 is 1.95 bits per heavy atom. The van der Waals surface area contributed by atoms with Gasteiger partial charge in [-0.05, 0) is 35.7 Å². The van der Waals surface area contributed by atoms with Gasteiger partial charge in [-0.1, -0.05) is 0 Å². The molecule has 1 rings (SSSR count). The monoisotopic (exact) mass is 280 g/mol. The molecule has 0 aliphatic rings. The third-order valence-corrected chi connectivity index (χ3v) is 3.07. The van der Waals surface area contributed by atoms with Crippen LogP contribution in [-0.4, -0.2) is 37.7 Å². The predicted molar refractivity (Wildman–Crippen MR) is 75.8 cm³/mol. The Bertz CT molecular complexity index is 500. The zero-order valence-electron chi connectivity index (χ0n) is 11.9. The Balaban J connectivity index is 2.94. The molecule has 0 bridgehead atoms. The van der Waals surface area contributed by atoms with E-state index in [1.165, 1.54) is 7.11 Å². The molecule has 0 spiro atoms. The first-order chi connectivity index (χ1) is 9.47. The van der Waals surface area contributed by atoms with E-state index in [0.29, 0.717) is 6.54 Å². The van der Waals surface area contributed by atoms with Gasteiger partial charge in [-0.3, -0.25) is 9.59 Å². The minimum atomic E-state index is -0.901. The van der Waals surface area contributed by atoms with Gasteiger partial charge in [0.25, 0.3) is 0 Å². The Kier molecular flexibility index (Phi) is 5.99. The lowest BCUT2D eigenvalue weighted by Gasteiger charge is -2.14. The summed E-state index contributed by atoms with van der Waals surface area (Å²) in [5.74, 6) is -1.20. The van der Waals surface area contributed by atoms with Gasteiger partial charge in [0.15, 0.2) is 0 Å². The quantitative estimate of drug-likeness (QED) is 0.644. The summed E-state index contributed by atoms with van der Waals surface area (Å²) in [6.45, 7) is 2.24. The van der Waals surface area contributed by atoms with Crippen molar-refractivity contribution in [3.05, 3.63) is 28.8 Å². The number of hydrogen-bond acceptors (Lipinski definition) is 5. The van der Waals surface area contributed by atoms with E-state index < -0.39 is 5.97 Å². The van der Waals surface area contributed by atoms with Crippen LogP contribution in [0.25, 0.3) is 0 Å². The van der Waals surface area contributed by atoms with E-state index in [2.05, 4.69) is 15.4 Å². The highest BCUT2D eigenvalue weighted by molar-refractivity contribution is 5.74. The van der Waals surface area contributed by atoms with Crippen molar-refractivity contribution in [2.24, 2.45) is 0 Å². The number of ether oxygens (including phenoxy) is 1. The minimum Gasteiger partial charge on any atom is -0.480 e. The number of hydrogen-bond donors (Lipinski definition) is 3. The van der Waals surface area contributed by atoms with E-state index in [1.807, 2.05) is 19.1 Å². The summed E-state index contributed by atoms with van der Waals surface area (Å²) < 4.78 is 4.68. The first kappa shape index (κ1) is 16.0. The number of anilines is 1. The fourth-order valence-corrected chi connectivity index (χ4v) is 1.88. The molecule has 1 aromatic rings. The normalized spacial score (nSPS) is 10.2. The van der Waals surface area contributed by atoms with Gasteiger partial charge in [-0.15, -0.1) is 0 Å². The molecule has 0 saturated carbocycles. The lowest BCUT2D eigenvalue weighted by Crippen LogP contribution is -2.22. The van der Waals surface area contributed by atoms with Crippen LogP contribution in [0.3, 0.4) is 0 Å². The lowest BCUT2D eigenvalue weighted by molar-refractivity contribution is -0.140. The number of carbonyl (C=O) groups excluding carboxylic acids is 1. The molecule has 110 valence electrons. The highest BCUT2D eigenvalue weighted by atomic mass is 16.5. The largest absolute Gasteiger partial charge is 0.480 e. The van der Waals surface area contributed by atoms with Gasteiger partial charge in [0, 0.05) is 19.3 Å². The third-order valence-electron chi connectivity index (χ3n) is 3.07. The van der Waals surface area contributed by atoms with Gasteiger partial charge in [-0.25, -0.2) is 0 Å². The van der Waals surface area contributed by atoms with Gasteiger partial charge in [-0.2, -0.15) is 0 Å². The summed E-state index contributed by atoms with van der Waals surface area (Å²) >= 11 is 0. The molecule has 6 nitrogen and oxygen atoms in total. The zero-order chi connectivity index (χ0) is 15.1. The smallest absolute Gasteiger partial charge is 0.317 e. The van der Waals surface area contributed by atoms with E-state index in [0.717, 1.165) is 22.4 Å². The Labute approximate surface area is 118 Å². The second-order valence-electron chi connectivity index (χ2n) is 4.42. The van der Waals surface area contributed by atoms with E-state index in [4.69, 9.17) is 5.11 Å². The van der Waals surface area contributed by atoms with Crippen LogP contribution in [0.1, 0.15) is 16.7 Å². The standard InChI is InChI=1S/C14H20N2O4/c1-9-10(6-14(19)20-3)4-12(15-2)5-11(9)7-16-8-13(17)18/h4-5,15-16H,6-8H2,1-3H3,(H,17,18). The molecule has 20 heavy (non-hydrogen) atoms. The van der Waals surface area contributed by atoms with Crippen molar-refractivity contribution in [1.82, 2.24) is 5.32 Å². The average molecular weight is 280 g/mol. The fourth-order valence-electron chi connectivity index (χ4n) is 1.88. The molecule has 6 heteroatoms. The molecule has 0 aromatic heterocycles. The van der Waals surface area contributed by atoms with Crippen LogP contribution in [-0.2, 0) is 27.3 Å². The van der Waals surface area contributed by atoms with E-state index in [1.54, 1.807) is 7.05 Å². The molecule has 0 aliphatic carbocycles. The first-order valence-corrected chi connectivity index (χ1v) is 6.27. The van der Waals surface area contributed by atoms with Crippen LogP contribution in [0.5, 0.6) is 0 Å². The Hall–Kier alpha value is -2.08. The molecule has 0 aliphatic heterocycles. The van der Waals surface area contributed by atoms with Gasteiger partial charge >= 0.3 is 11.9 Å². The molecule has 3 N–H and O–H groups in total. The molecule has 1 aromatic carbocycles. The van der Waals surface area contributed by atoms with Gasteiger partial charge in [0.1, 0.15) is 0 Å². The van der Waals surface area contributed by atoms with Crippen LogP contribution in [0, 0.1) is 6.92 Å². The summed E-state index contributed by atoms with van der Waals surface area (Å²) in [6.07, 6.45) is 0.198. The van der Waals surface area contributed by atoms with Crippen molar-refractivity contribution < 1.29 is 19.4 Å². The van der Waals surface area contributed by atoms with Gasteiger partial charge < -0.3 is 20.5 Å². The van der Waals surface area contributed by atoms with Crippen molar-refractivity contribution in [2.75, 3.05) is 26.0 Å². The first-order valence-electron chi connectivity index (χ1n) is 6.27. The number of carboxylic acid groups (broad SMARTS) is 1. The molecular weight excluding hydrogens is 260 g/mol. The zero-order valence-corrected chi connectivity index (χ0v) is 11.9. The number of benzene rings is 1. The molecule has 0 atom stereocenters. The summed E-state index contributed by atoms with van der Waals surface area (Å²) in [4.78, 5) is 21.9. The van der Waals surface area contributed by atoms with Crippen molar-refractivity contribution in [3.8, 4) is 0 Å². The molecular formula is C14H20N2O4. The van der Waals surface area contributed by atoms with Crippen LogP contribution in [0.4, 0.5) is 5.69 Å². The van der Waals surface area contributed by atoms with Crippen molar-refractivity contribution in [3.63, 3.8) is 0 Å². The molecule has 0 saturated heterocycles. The maximum absolute atomic E-state index is 11.4. The van der Waals surface area contributed by atoms with E-state index in [-0.39, 0.29) is 18.9 Å². The second-order valence-corrected chi connectivity index (χ2v) is 4.42. The van der Waals surface area contributed by atoms with Gasteiger partial charge in [0.05, 0.1) is 20.1 Å². The SMILES string of the molecule is CNc1cc(CNCC(=O)O)c(C)c(CC(=O)OC)c1. The number of carboxylic acids is 1. The number of aliphatic carboxylic acids is 1. The maximum Gasteiger partial charge on any atom is 0.317 e. The van der Waals surface area contributed by atoms with Crippen LogP contribution < -0.4 is 10.6 Å². The Morgan fingerprint density at radius 1 is 1.30 bits per heavy atom. The van der Waals surface area contributed by atoms with Gasteiger partial charge in [0.2, 0.25) is 0 Å². The molecule has 0 heterocycles. The van der Waals surface area contributed by atoms with Crippen LogP contribution in [0.2, 0.25) is 0 Å². The molecule has 0 unspecified atom stereocenters. The molecule has 0 fully saturated rings. The van der Waals surface area contributed by atoms with Crippen molar-refractivity contribution in [2.45, 2.75) is 19.9 Å². The summed E-state index contributed by atoms with van der Waals surface area (Å²) in [7, 11) is 3.15. The van der Waals surface area contributed by atoms with Crippen molar-refractivity contribution in [1.29, 1.82) is 0 Å². The third kappa shape index (κ3) is 4.55. The fraction of sp³-hybridized carbons (Fsp3) is 0.429.